The van der Waals surface area contributed by atoms with Gasteiger partial charge in [0.1, 0.15) is 0 Å². The molecule has 2 nitrogen and oxygen atoms in total. The molecule has 3 saturated carbocycles. The van der Waals surface area contributed by atoms with E-state index in [1.165, 1.54) is 57.8 Å². The van der Waals surface area contributed by atoms with Crippen LogP contribution in [0.2, 0.25) is 0 Å². The fourth-order valence-electron chi connectivity index (χ4n) is 9.26. The van der Waals surface area contributed by atoms with E-state index in [1.54, 1.807) is 5.57 Å². The molecule has 0 spiro atoms. The Morgan fingerprint density at radius 3 is 2.19 bits per heavy atom. The van der Waals surface area contributed by atoms with Gasteiger partial charge in [-0.25, -0.2) is 0 Å². The molecule has 0 aliphatic heterocycles. The van der Waals surface area contributed by atoms with E-state index in [9.17, 15) is 5.11 Å². The molecule has 0 aromatic carbocycles. The molecule has 1 N–H and O–H groups in total. The molecule has 0 aromatic heterocycles. The molecule has 10 atom stereocenters. The van der Waals surface area contributed by atoms with Crippen LogP contribution in [-0.4, -0.2) is 23.4 Å². The molecule has 216 valence electrons. The predicted octanol–water partition coefficient (Wildman–Crippen LogP) is 9.99. The minimum absolute atomic E-state index is 0.0766. The largest absolute Gasteiger partial charge is 0.393 e. The van der Waals surface area contributed by atoms with Crippen LogP contribution in [0.5, 0.6) is 0 Å². The number of hydrogen-bond donors (Lipinski definition) is 1. The van der Waals surface area contributed by atoms with Crippen LogP contribution < -0.4 is 0 Å². The summed E-state index contributed by atoms with van der Waals surface area (Å²) in [6.07, 6.45) is 20.3. The summed E-state index contributed by atoms with van der Waals surface area (Å²) in [5, 5.41) is 10.2. The zero-order chi connectivity index (χ0) is 27.4. The van der Waals surface area contributed by atoms with E-state index < -0.39 is 0 Å². The minimum Gasteiger partial charge on any atom is -0.393 e. The zero-order valence-electron chi connectivity index (χ0n) is 26.3. The lowest BCUT2D eigenvalue weighted by Gasteiger charge is -2.58. The third-order valence-corrected chi connectivity index (χ3v) is 11.9. The summed E-state index contributed by atoms with van der Waals surface area (Å²) in [4.78, 5) is 0. The van der Waals surface area contributed by atoms with Crippen molar-refractivity contribution in [3.63, 3.8) is 0 Å². The summed E-state index contributed by atoms with van der Waals surface area (Å²) in [5.41, 5.74) is 2.60. The van der Waals surface area contributed by atoms with Crippen molar-refractivity contribution in [2.75, 3.05) is 0 Å². The molecule has 0 saturated heterocycles. The summed E-state index contributed by atoms with van der Waals surface area (Å²) >= 11 is 0. The molecule has 37 heavy (non-hydrogen) atoms. The summed E-state index contributed by atoms with van der Waals surface area (Å²) < 4.78 is 5.55. The van der Waals surface area contributed by atoms with Gasteiger partial charge >= 0.3 is 0 Å². The topological polar surface area (TPSA) is 29.5 Å². The van der Waals surface area contributed by atoms with Gasteiger partial charge in [-0.3, -0.25) is 0 Å². The van der Waals surface area contributed by atoms with Gasteiger partial charge in [-0.1, -0.05) is 79.4 Å². The van der Waals surface area contributed by atoms with Crippen LogP contribution in [0.25, 0.3) is 0 Å². The number of ether oxygens (including phenoxy) is 1. The monoisotopic (exact) mass is 516 g/mol. The molecule has 0 aromatic rings. The van der Waals surface area contributed by atoms with Crippen molar-refractivity contribution in [2.24, 2.45) is 46.3 Å². The fourth-order valence-corrected chi connectivity index (χ4v) is 9.26. The van der Waals surface area contributed by atoms with Gasteiger partial charge in [-0.05, 0) is 124 Å². The second kappa shape index (κ2) is 13.3. The highest BCUT2D eigenvalue weighted by molar-refractivity contribution is 5.25. The Kier molecular flexibility index (Phi) is 11.2. The minimum atomic E-state index is -0.0766. The molecule has 0 bridgehead atoms. The van der Waals surface area contributed by atoms with E-state index in [1.807, 2.05) is 0 Å². The normalized spacial score (nSPS) is 39.4. The summed E-state index contributed by atoms with van der Waals surface area (Å²) in [7, 11) is 0. The molecular weight excluding hydrogens is 452 g/mol. The second-order valence-corrected chi connectivity index (χ2v) is 14.8. The van der Waals surface area contributed by atoms with E-state index in [0.29, 0.717) is 23.0 Å². The third kappa shape index (κ3) is 7.06. The van der Waals surface area contributed by atoms with Crippen molar-refractivity contribution in [1.29, 1.82) is 0 Å². The van der Waals surface area contributed by atoms with E-state index in [-0.39, 0.29) is 6.10 Å². The van der Waals surface area contributed by atoms with Crippen LogP contribution in [0, 0.1) is 46.3 Å². The molecule has 2 heteroatoms. The highest BCUT2D eigenvalue weighted by atomic mass is 16.5. The van der Waals surface area contributed by atoms with Crippen molar-refractivity contribution < 1.29 is 9.84 Å². The lowest BCUT2D eigenvalue weighted by molar-refractivity contribution is -0.0573. The van der Waals surface area contributed by atoms with Crippen molar-refractivity contribution >= 4 is 0 Å². The molecule has 0 amide bonds. The van der Waals surface area contributed by atoms with Crippen LogP contribution in [0.3, 0.4) is 0 Å². The summed E-state index contributed by atoms with van der Waals surface area (Å²) in [6.45, 7) is 21.1. The predicted molar refractivity (Wildman–Crippen MR) is 160 cm³/mol. The van der Waals surface area contributed by atoms with Crippen LogP contribution in [0.1, 0.15) is 146 Å². The van der Waals surface area contributed by atoms with Crippen LogP contribution in [0.4, 0.5) is 0 Å². The van der Waals surface area contributed by atoms with Gasteiger partial charge in [0.15, 0.2) is 0 Å². The number of hydrogen-bond acceptors (Lipinski definition) is 2. The third-order valence-electron chi connectivity index (χ3n) is 11.9. The fraction of sp³-hybridized carbons (Fsp3) is 0.943. The van der Waals surface area contributed by atoms with Crippen molar-refractivity contribution in [1.82, 2.24) is 0 Å². The number of aliphatic hydroxyl groups is 1. The molecule has 4 aliphatic carbocycles. The first kappa shape index (κ1) is 31.2. The second-order valence-electron chi connectivity index (χ2n) is 14.8. The first-order valence-electron chi connectivity index (χ1n) is 16.5. The van der Waals surface area contributed by atoms with Crippen LogP contribution in [0.15, 0.2) is 11.6 Å². The first-order valence-corrected chi connectivity index (χ1v) is 16.5. The quantitative estimate of drug-likeness (QED) is 0.309. The SMILES string of the molecule is CC(C)CCC[C@@H](C)[C@H]1CC[C@H]2[C@@H]3CC=C4C[C@@H](O)CC[C@]4(C)[C@H]3CC[C@]12C.CCC(C)OC(C)CC. The molecule has 0 radical (unpaired) electrons. The van der Waals surface area contributed by atoms with Gasteiger partial charge in [0.2, 0.25) is 0 Å². The van der Waals surface area contributed by atoms with Gasteiger partial charge in [-0.15, -0.1) is 0 Å². The van der Waals surface area contributed by atoms with E-state index in [4.69, 9.17) is 4.74 Å². The first-order chi connectivity index (χ1) is 17.5. The molecule has 0 heterocycles. The number of rotatable bonds is 9. The van der Waals surface area contributed by atoms with Gasteiger partial charge in [0.05, 0.1) is 18.3 Å². The Morgan fingerprint density at radius 1 is 0.892 bits per heavy atom. The molecular formula is C35H64O2. The Bertz CT molecular complexity index is 719. The number of allylic oxidation sites excluding steroid dienone is 1. The standard InChI is InChI=1S/C27H46O.C8H18O/c1-18(2)7-6-8-19(3)23-11-12-24-22-10-9-20-17-21(28)13-15-26(20,4)25(22)14-16-27(23,24)5;1-5-7(3)9-8(4)6-2/h9,18-19,21-25,28H,6-8,10-17H2,1-5H3;7-8H,5-6H2,1-4H3/t19-,21+,22+,23-,24+,25+,26+,27-;/m1./s1. The Labute approximate surface area is 231 Å². The lowest BCUT2D eigenvalue weighted by atomic mass is 9.47. The van der Waals surface area contributed by atoms with E-state index >= 15 is 0 Å². The summed E-state index contributed by atoms with van der Waals surface area (Å²) in [5.74, 6) is 5.46. The molecule has 2 unspecified atom stereocenters. The van der Waals surface area contributed by atoms with E-state index in [2.05, 4.69) is 68.4 Å². The highest BCUT2D eigenvalue weighted by Crippen LogP contribution is 2.67. The molecule has 4 aliphatic rings. The van der Waals surface area contributed by atoms with Crippen molar-refractivity contribution in [3.8, 4) is 0 Å². The molecule has 4 rings (SSSR count). The zero-order valence-corrected chi connectivity index (χ0v) is 26.3. The van der Waals surface area contributed by atoms with Crippen LogP contribution in [-0.2, 0) is 4.74 Å². The van der Waals surface area contributed by atoms with Crippen LogP contribution >= 0.6 is 0 Å². The smallest absolute Gasteiger partial charge is 0.0577 e. The Morgan fingerprint density at radius 2 is 1.57 bits per heavy atom. The van der Waals surface area contributed by atoms with Gasteiger partial charge in [0, 0.05) is 0 Å². The molecule has 3 fully saturated rings. The maximum absolute atomic E-state index is 10.2. The van der Waals surface area contributed by atoms with Gasteiger partial charge in [0.25, 0.3) is 0 Å². The van der Waals surface area contributed by atoms with Gasteiger partial charge < -0.3 is 9.84 Å². The maximum atomic E-state index is 10.2. The summed E-state index contributed by atoms with van der Waals surface area (Å²) in [6, 6.07) is 0. The van der Waals surface area contributed by atoms with Crippen molar-refractivity contribution in [2.45, 2.75) is 164 Å². The van der Waals surface area contributed by atoms with Gasteiger partial charge in [-0.2, -0.15) is 0 Å². The average Bonchev–Trinajstić information content (AvgIpc) is 3.21. The highest BCUT2D eigenvalue weighted by Gasteiger charge is 2.59. The maximum Gasteiger partial charge on any atom is 0.0577 e. The average molecular weight is 517 g/mol. The Hall–Kier alpha value is -0.340. The Balaban J connectivity index is 0.000000364. The van der Waals surface area contributed by atoms with Crippen molar-refractivity contribution in [3.05, 3.63) is 11.6 Å². The number of fused-ring (bicyclic) bond motifs is 5. The lowest BCUT2D eigenvalue weighted by Crippen LogP contribution is -2.50. The number of aliphatic hydroxyl groups excluding tert-OH is 1. The van der Waals surface area contributed by atoms with E-state index in [0.717, 1.165) is 61.2 Å².